The van der Waals surface area contributed by atoms with Gasteiger partial charge in [-0.1, -0.05) is 0 Å². The minimum atomic E-state index is -3.89. The van der Waals surface area contributed by atoms with Crippen molar-refractivity contribution < 1.29 is 22.7 Å². The fourth-order valence-corrected chi connectivity index (χ4v) is 2.48. The van der Waals surface area contributed by atoms with Gasteiger partial charge in [0.25, 0.3) is 0 Å². The van der Waals surface area contributed by atoms with Crippen LogP contribution >= 0.6 is 0 Å². The van der Waals surface area contributed by atoms with Crippen LogP contribution in [0.3, 0.4) is 0 Å². The number of carbonyl (C=O) groups is 1. The smallest absolute Gasteiger partial charge is 0.421 e. The summed E-state index contributed by atoms with van der Waals surface area (Å²) in [6.45, 7) is 2.27. The number of nitrogens with one attached hydrogen (secondary N) is 1. The molecule has 3 N–H and O–H groups in total. The highest BCUT2D eigenvalue weighted by molar-refractivity contribution is 7.87. The summed E-state index contributed by atoms with van der Waals surface area (Å²) in [5.74, 6) is 0. The molecule has 1 fully saturated rings. The van der Waals surface area contributed by atoms with Gasteiger partial charge in [0.2, 0.25) is 0 Å². The molecule has 2 atom stereocenters. The molecule has 100 valence electrons. The summed E-state index contributed by atoms with van der Waals surface area (Å²) in [6.07, 6.45) is -1.40. The predicted molar refractivity (Wildman–Crippen MR) is 59.4 cm³/mol. The van der Waals surface area contributed by atoms with Gasteiger partial charge in [-0.15, -0.1) is 0 Å². The third kappa shape index (κ3) is 3.80. The van der Waals surface area contributed by atoms with E-state index >= 15 is 0 Å². The SMILES string of the molecule is COC(=O)NS(=O)(=O)N1CCOC(C(C)N)C1. The first kappa shape index (κ1) is 14.2. The van der Waals surface area contributed by atoms with Gasteiger partial charge in [-0.3, -0.25) is 0 Å². The first-order valence-corrected chi connectivity index (χ1v) is 6.54. The van der Waals surface area contributed by atoms with Gasteiger partial charge in [-0.2, -0.15) is 12.7 Å². The van der Waals surface area contributed by atoms with Crippen LogP contribution in [0, 0.1) is 0 Å². The monoisotopic (exact) mass is 267 g/mol. The average Bonchev–Trinajstić information content (AvgIpc) is 2.28. The third-order valence-corrected chi connectivity index (χ3v) is 3.82. The molecule has 9 heteroatoms. The molecule has 17 heavy (non-hydrogen) atoms. The van der Waals surface area contributed by atoms with E-state index in [1.54, 1.807) is 11.6 Å². The van der Waals surface area contributed by atoms with Crippen LogP contribution in [-0.2, 0) is 19.7 Å². The molecule has 8 nitrogen and oxygen atoms in total. The van der Waals surface area contributed by atoms with Crippen LogP contribution in [-0.4, -0.2) is 57.8 Å². The molecular formula is C8H17N3O5S. The Bertz CT molecular complexity index is 369. The second kappa shape index (κ2) is 5.63. The van der Waals surface area contributed by atoms with Crippen LogP contribution in [0.1, 0.15) is 6.92 Å². The summed E-state index contributed by atoms with van der Waals surface area (Å²) in [6, 6.07) is -0.286. The Morgan fingerprint density at radius 1 is 1.65 bits per heavy atom. The minimum Gasteiger partial charge on any atom is -0.452 e. The molecule has 2 unspecified atom stereocenters. The summed E-state index contributed by atoms with van der Waals surface area (Å²) in [4.78, 5) is 10.9. The minimum absolute atomic E-state index is 0.115. The first-order valence-electron chi connectivity index (χ1n) is 5.10. The first-order chi connectivity index (χ1) is 7.86. The molecule has 0 spiro atoms. The van der Waals surface area contributed by atoms with Gasteiger partial charge in [0.05, 0.1) is 19.8 Å². The van der Waals surface area contributed by atoms with Gasteiger partial charge in [-0.05, 0) is 6.92 Å². The van der Waals surface area contributed by atoms with E-state index in [1.807, 2.05) is 0 Å². The maximum Gasteiger partial charge on any atom is 0.421 e. The number of nitrogens with zero attached hydrogens (tertiary/aromatic N) is 1. The van der Waals surface area contributed by atoms with Crippen molar-refractivity contribution in [3.8, 4) is 0 Å². The van der Waals surface area contributed by atoms with Gasteiger partial charge >= 0.3 is 16.3 Å². The van der Waals surface area contributed by atoms with E-state index in [1.165, 1.54) is 0 Å². The maximum absolute atomic E-state index is 11.7. The highest BCUT2D eigenvalue weighted by Gasteiger charge is 2.32. The fraction of sp³-hybridized carbons (Fsp3) is 0.875. The molecule has 0 aliphatic carbocycles. The molecule has 0 aromatic rings. The Kier molecular flexibility index (Phi) is 4.69. The number of nitrogens with two attached hydrogens (primary N) is 1. The Morgan fingerprint density at radius 2 is 2.29 bits per heavy atom. The Morgan fingerprint density at radius 3 is 2.82 bits per heavy atom. The van der Waals surface area contributed by atoms with Crippen molar-refractivity contribution in [1.82, 2.24) is 9.03 Å². The summed E-state index contributed by atoms with van der Waals surface area (Å²) in [5, 5.41) is 0. The Balaban J connectivity index is 2.68. The second-order valence-electron chi connectivity index (χ2n) is 3.73. The number of hydrogen-bond donors (Lipinski definition) is 2. The summed E-state index contributed by atoms with van der Waals surface area (Å²) >= 11 is 0. The van der Waals surface area contributed by atoms with Crippen LogP contribution in [0.4, 0.5) is 4.79 Å². The van der Waals surface area contributed by atoms with E-state index in [0.717, 1.165) is 11.4 Å². The largest absolute Gasteiger partial charge is 0.452 e. The summed E-state index contributed by atoms with van der Waals surface area (Å²) in [7, 11) is -2.80. The molecule has 0 aromatic heterocycles. The van der Waals surface area contributed by atoms with Crippen molar-refractivity contribution in [3.63, 3.8) is 0 Å². The number of rotatable bonds is 3. The van der Waals surface area contributed by atoms with E-state index in [-0.39, 0.29) is 31.8 Å². The highest BCUT2D eigenvalue weighted by Crippen LogP contribution is 2.10. The van der Waals surface area contributed by atoms with Crippen LogP contribution < -0.4 is 10.5 Å². The molecule has 0 aromatic carbocycles. The topological polar surface area (TPSA) is 111 Å². The molecule has 1 aliphatic rings. The fourth-order valence-electron chi connectivity index (χ4n) is 1.40. The van der Waals surface area contributed by atoms with E-state index in [4.69, 9.17) is 10.5 Å². The number of methoxy groups -OCH3 is 1. The molecule has 0 radical (unpaired) electrons. The second-order valence-corrected chi connectivity index (χ2v) is 5.40. The molecule has 1 aliphatic heterocycles. The van der Waals surface area contributed by atoms with E-state index in [9.17, 15) is 13.2 Å². The van der Waals surface area contributed by atoms with Crippen molar-refractivity contribution in [2.75, 3.05) is 26.8 Å². The Labute approximate surface area is 100 Å². The highest BCUT2D eigenvalue weighted by atomic mass is 32.2. The zero-order valence-electron chi connectivity index (χ0n) is 9.75. The van der Waals surface area contributed by atoms with Crippen LogP contribution in [0.5, 0.6) is 0 Å². The molecular weight excluding hydrogens is 250 g/mol. The van der Waals surface area contributed by atoms with Crippen LogP contribution in [0.15, 0.2) is 0 Å². The maximum atomic E-state index is 11.7. The summed E-state index contributed by atoms with van der Waals surface area (Å²) in [5.41, 5.74) is 5.64. The molecule has 1 amide bonds. The van der Waals surface area contributed by atoms with Crippen molar-refractivity contribution in [1.29, 1.82) is 0 Å². The lowest BCUT2D eigenvalue weighted by molar-refractivity contribution is -0.0123. The molecule has 1 saturated heterocycles. The van der Waals surface area contributed by atoms with E-state index in [0.29, 0.717) is 0 Å². The lowest BCUT2D eigenvalue weighted by Gasteiger charge is -2.33. The standard InChI is InChI=1S/C8H17N3O5S/c1-6(9)7-5-11(3-4-16-7)17(13,14)10-8(12)15-2/h6-7H,3-5,9H2,1-2H3,(H,10,12). The van der Waals surface area contributed by atoms with Crippen molar-refractivity contribution in [3.05, 3.63) is 0 Å². The number of morpholine rings is 1. The molecule has 1 rings (SSSR count). The van der Waals surface area contributed by atoms with Crippen LogP contribution in [0.2, 0.25) is 0 Å². The van der Waals surface area contributed by atoms with Crippen molar-refractivity contribution >= 4 is 16.3 Å². The number of ether oxygens (including phenoxy) is 2. The van der Waals surface area contributed by atoms with Gasteiger partial charge in [0.1, 0.15) is 0 Å². The molecule has 0 saturated carbocycles. The van der Waals surface area contributed by atoms with Gasteiger partial charge < -0.3 is 15.2 Å². The number of carbonyl (C=O) groups excluding carboxylic acids is 1. The van der Waals surface area contributed by atoms with Crippen LogP contribution in [0.25, 0.3) is 0 Å². The van der Waals surface area contributed by atoms with Gasteiger partial charge in [0, 0.05) is 19.1 Å². The van der Waals surface area contributed by atoms with Gasteiger partial charge in [-0.25, -0.2) is 9.52 Å². The Hall–Kier alpha value is -0.900. The quantitative estimate of drug-likeness (QED) is 0.653. The van der Waals surface area contributed by atoms with E-state index in [2.05, 4.69) is 4.74 Å². The third-order valence-electron chi connectivity index (χ3n) is 2.38. The lowest BCUT2D eigenvalue weighted by atomic mass is 10.2. The van der Waals surface area contributed by atoms with Crippen molar-refractivity contribution in [2.24, 2.45) is 5.73 Å². The predicted octanol–water partition coefficient (Wildman–Crippen LogP) is -1.36. The zero-order valence-corrected chi connectivity index (χ0v) is 10.6. The van der Waals surface area contributed by atoms with Crippen molar-refractivity contribution in [2.45, 2.75) is 19.1 Å². The molecule has 0 bridgehead atoms. The number of hydrogen-bond acceptors (Lipinski definition) is 6. The number of amides is 1. The average molecular weight is 267 g/mol. The normalized spacial score (nSPS) is 24.1. The summed E-state index contributed by atoms with van der Waals surface area (Å²) < 4.78 is 35.9. The zero-order chi connectivity index (χ0) is 13.1. The van der Waals surface area contributed by atoms with Gasteiger partial charge in [0.15, 0.2) is 0 Å². The lowest BCUT2D eigenvalue weighted by Crippen LogP contribution is -2.54. The molecule has 1 heterocycles. The van der Waals surface area contributed by atoms with E-state index < -0.39 is 16.3 Å².